The molecule has 5 heterocycles. The van der Waals surface area contributed by atoms with Crippen molar-refractivity contribution in [2.24, 2.45) is 0 Å². The van der Waals surface area contributed by atoms with Crippen molar-refractivity contribution in [2.45, 2.75) is 0 Å². The van der Waals surface area contributed by atoms with Gasteiger partial charge >= 0.3 is 7.12 Å². The lowest BCUT2D eigenvalue weighted by molar-refractivity contribution is 0.616. The molecule has 0 unspecified atom stereocenters. The van der Waals surface area contributed by atoms with Crippen molar-refractivity contribution in [3.8, 4) is 0 Å². The Morgan fingerprint density at radius 3 is 1.54 bits per heavy atom. The first-order chi connectivity index (χ1) is 13.9. The highest BCUT2D eigenvalue weighted by Crippen LogP contribution is 2.59. The van der Waals surface area contributed by atoms with Crippen LogP contribution in [-0.4, -0.2) is 7.12 Å². The van der Waals surface area contributed by atoms with Crippen LogP contribution >= 0.6 is 0 Å². The van der Waals surface area contributed by atoms with E-state index in [1.54, 1.807) is 0 Å². The quantitative estimate of drug-likeness (QED) is 0.320. The second-order valence-electron chi connectivity index (χ2n) is 7.49. The highest BCUT2D eigenvalue weighted by molar-refractivity contribution is 6.80. The van der Waals surface area contributed by atoms with E-state index in [-0.39, 0.29) is 7.12 Å². The molecule has 130 valence electrons. The van der Waals surface area contributed by atoms with E-state index in [2.05, 4.69) is 63.0 Å². The van der Waals surface area contributed by atoms with Crippen molar-refractivity contribution in [3.63, 3.8) is 0 Å². The molecule has 2 aromatic heterocycles. The van der Waals surface area contributed by atoms with Gasteiger partial charge in [0.1, 0.15) is 23.7 Å². The summed E-state index contributed by atoms with van der Waals surface area (Å²) in [6.45, 7) is 0. The van der Waals surface area contributed by atoms with Crippen LogP contribution < -0.4 is 14.4 Å². The molecule has 0 saturated heterocycles. The van der Waals surface area contributed by atoms with E-state index in [1.807, 2.05) is 24.7 Å². The van der Waals surface area contributed by atoms with Crippen molar-refractivity contribution in [1.82, 2.24) is 0 Å². The number of benzene rings is 3. The summed E-state index contributed by atoms with van der Waals surface area (Å²) < 4.78 is 11.9. The van der Waals surface area contributed by atoms with Crippen LogP contribution in [0, 0.1) is 0 Å². The summed E-state index contributed by atoms with van der Waals surface area (Å²) in [5.41, 5.74) is 8.74. The Hall–Kier alpha value is -3.80. The van der Waals surface area contributed by atoms with E-state index in [4.69, 9.17) is 8.83 Å². The first-order valence-electron chi connectivity index (χ1n) is 9.39. The molecule has 0 aliphatic carbocycles. The summed E-state index contributed by atoms with van der Waals surface area (Å²) >= 11 is 0. The number of nitrogens with zero attached hydrogens (tertiary/aromatic N) is 3. The molecule has 0 bridgehead atoms. The zero-order valence-corrected chi connectivity index (χ0v) is 14.7. The van der Waals surface area contributed by atoms with Gasteiger partial charge in [-0.15, -0.1) is 0 Å². The highest BCUT2D eigenvalue weighted by atomic mass is 16.3. The lowest BCUT2D eigenvalue weighted by Gasteiger charge is -2.43. The van der Waals surface area contributed by atoms with Crippen LogP contribution in [0.5, 0.6) is 0 Å². The van der Waals surface area contributed by atoms with Crippen LogP contribution in [0.25, 0.3) is 21.9 Å². The standard InChI is InChI=1S/C22H12BN3O2/c1-2-6-14-13(5-1)24-15-7-3-9-19-21(15)18(12-28-19)26-16-8-4-10-20-22(16)17(11-27-20)25(14)23(24)26/h1-12H. The van der Waals surface area contributed by atoms with E-state index < -0.39 is 0 Å². The van der Waals surface area contributed by atoms with Crippen LogP contribution in [0.15, 0.2) is 82.0 Å². The lowest BCUT2D eigenvalue weighted by atomic mass is 9.77. The first-order valence-corrected chi connectivity index (χ1v) is 9.39. The molecule has 3 aliphatic heterocycles. The number of anilines is 6. The molecule has 0 saturated carbocycles. The van der Waals surface area contributed by atoms with Gasteiger partial charge in [-0.3, -0.25) is 0 Å². The van der Waals surface area contributed by atoms with Crippen LogP contribution in [0.3, 0.4) is 0 Å². The van der Waals surface area contributed by atoms with Gasteiger partial charge < -0.3 is 23.3 Å². The summed E-state index contributed by atoms with van der Waals surface area (Å²) in [4.78, 5) is 7.17. The van der Waals surface area contributed by atoms with Gasteiger partial charge in [-0.1, -0.05) is 24.3 Å². The SMILES string of the molecule is c1ccc2c(c1)N1B3N2c2cccc4occ(c24)N3c2cccc3occ1c23. The zero-order valence-electron chi connectivity index (χ0n) is 14.7. The summed E-state index contributed by atoms with van der Waals surface area (Å²) in [5, 5.41) is 2.29. The first kappa shape index (κ1) is 13.4. The smallest absolute Gasteiger partial charge is 0.462 e. The third-order valence-corrected chi connectivity index (χ3v) is 6.25. The second kappa shape index (κ2) is 4.20. The van der Waals surface area contributed by atoms with E-state index in [1.165, 1.54) is 17.1 Å². The van der Waals surface area contributed by atoms with E-state index in [0.717, 1.165) is 39.0 Å². The summed E-state index contributed by atoms with van der Waals surface area (Å²) in [7, 11) is -0.0243. The molecular weight excluding hydrogens is 349 g/mol. The number of para-hydroxylation sites is 2. The fraction of sp³-hybridized carbons (Fsp3) is 0. The Bertz CT molecular complexity index is 1470. The maximum atomic E-state index is 5.96. The average Bonchev–Trinajstić information content (AvgIpc) is 3.43. The molecule has 0 atom stereocenters. The maximum absolute atomic E-state index is 5.96. The molecule has 5 aromatic rings. The summed E-state index contributed by atoms with van der Waals surface area (Å²) in [6, 6.07) is 21.1. The molecule has 0 fully saturated rings. The van der Waals surface area contributed by atoms with Crippen LogP contribution in [0.4, 0.5) is 34.1 Å². The molecule has 8 rings (SSSR count). The van der Waals surface area contributed by atoms with E-state index >= 15 is 0 Å². The predicted molar refractivity (Wildman–Crippen MR) is 111 cm³/mol. The molecule has 6 heteroatoms. The van der Waals surface area contributed by atoms with Crippen LogP contribution in [0.1, 0.15) is 0 Å². The largest absolute Gasteiger partial charge is 0.519 e. The third-order valence-electron chi connectivity index (χ3n) is 6.25. The van der Waals surface area contributed by atoms with Gasteiger partial charge in [0.25, 0.3) is 0 Å². The van der Waals surface area contributed by atoms with Crippen molar-refractivity contribution in [1.29, 1.82) is 0 Å². The number of fused-ring (bicyclic) bond motifs is 7. The van der Waals surface area contributed by atoms with Crippen molar-refractivity contribution in [2.75, 3.05) is 14.4 Å². The van der Waals surface area contributed by atoms with Gasteiger partial charge in [-0.2, -0.15) is 0 Å². The molecule has 0 spiro atoms. The molecule has 5 nitrogen and oxygen atoms in total. The summed E-state index contributed by atoms with van der Waals surface area (Å²) in [5.74, 6) is 0. The molecule has 28 heavy (non-hydrogen) atoms. The Morgan fingerprint density at radius 2 is 0.964 bits per heavy atom. The normalized spacial score (nSPS) is 15.6. The molecule has 3 aliphatic rings. The van der Waals surface area contributed by atoms with Gasteiger partial charge in [-0.25, -0.2) is 0 Å². The molecule has 0 radical (unpaired) electrons. The van der Waals surface area contributed by atoms with Crippen LogP contribution in [0.2, 0.25) is 0 Å². The monoisotopic (exact) mass is 361 g/mol. The van der Waals surface area contributed by atoms with Crippen LogP contribution in [-0.2, 0) is 0 Å². The molecule has 0 amide bonds. The minimum absolute atomic E-state index is 0.0243. The Kier molecular flexibility index (Phi) is 2.01. The maximum Gasteiger partial charge on any atom is 0.519 e. The summed E-state index contributed by atoms with van der Waals surface area (Å²) in [6.07, 6.45) is 3.77. The Morgan fingerprint density at radius 1 is 0.500 bits per heavy atom. The van der Waals surface area contributed by atoms with Crippen molar-refractivity contribution in [3.05, 3.63) is 73.2 Å². The van der Waals surface area contributed by atoms with Gasteiger partial charge in [-0.05, 0) is 36.4 Å². The Labute approximate surface area is 160 Å². The second-order valence-corrected chi connectivity index (χ2v) is 7.49. The topological polar surface area (TPSA) is 36.0 Å². The lowest BCUT2D eigenvalue weighted by Crippen LogP contribution is -2.58. The number of furan rings is 2. The average molecular weight is 361 g/mol. The minimum Gasteiger partial charge on any atom is -0.462 e. The fourth-order valence-electron chi connectivity index (χ4n) is 5.22. The van der Waals surface area contributed by atoms with Crippen molar-refractivity contribution < 1.29 is 8.83 Å². The number of rotatable bonds is 0. The third kappa shape index (κ3) is 1.25. The van der Waals surface area contributed by atoms with E-state index in [0.29, 0.717) is 0 Å². The molecular formula is C22H12BN3O2. The van der Waals surface area contributed by atoms with Gasteiger partial charge in [0, 0.05) is 11.4 Å². The van der Waals surface area contributed by atoms with Crippen molar-refractivity contribution >= 4 is 63.2 Å². The fourth-order valence-corrected chi connectivity index (χ4v) is 5.22. The number of hydrogen-bond donors (Lipinski definition) is 0. The van der Waals surface area contributed by atoms with Gasteiger partial charge in [0.05, 0.1) is 33.5 Å². The predicted octanol–water partition coefficient (Wildman–Crippen LogP) is 5.92. The minimum atomic E-state index is -0.0243. The van der Waals surface area contributed by atoms with Gasteiger partial charge in [0.15, 0.2) is 0 Å². The highest BCUT2D eigenvalue weighted by Gasteiger charge is 2.55. The Balaban J connectivity index is 1.61. The molecule has 0 N–H and O–H groups in total. The number of hydrogen-bond acceptors (Lipinski definition) is 5. The zero-order chi connectivity index (χ0) is 18.0. The molecule has 3 aromatic carbocycles. The van der Waals surface area contributed by atoms with E-state index in [9.17, 15) is 0 Å². The van der Waals surface area contributed by atoms with Gasteiger partial charge in [0.2, 0.25) is 0 Å².